The third kappa shape index (κ3) is 3.83. The molecule has 2 aromatic heterocycles. The molecule has 0 amide bonds. The largest absolute Gasteiger partial charge is 0.416 e. The van der Waals surface area contributed by atoms with E-state index >= 15 is 0 Å². The molecule has 2 heterocycles. The topological polar surface area (TPSA) is 55.6 Å². The molecule has 0 aliphatic carbocycles. The molecule has 9 heteroatoms. The second-order valence-electron chi connectivity index (χ2n) is 4.07. The lowest BCUT2D eigenvalue weighted by Gasteiger charge is -2.10. The van der Waals surface area contributed by atoms with Crippen molar-refractivity contribution < 1.29 is 13.2 Å². The van der Waals surface area contributed by atoms with Gasteiger partial charge in [0.05, 0.1) is 5.56 Å². The maximum atomic E-state index is 12.6. The van der Waals surface area contributed by atoms with E-state index in [2.05, 4.69) is 20.4 Å². The Morgan fingerprint density at radius 1 is 1.35 bits per heavy atom. The Balaban J connectivity index is 2.00. The summed E-state index contributed by atoms with van der Waals surface area (Å²) in [6.45, 7) is 0.356. The minimum Gasteiger partial charge on any atom is -0.370 e. The SMILES string of the molecule is Cn1cnc(CCNc2cc(C(F)(F)F)cc(Cl)n2)n1. The van der Waals surface area contributed by atoms with Crippen LogP contribution in [0.4, 0.5) is 19.0 Å². The van der Waals surface area contributed by atoms with Crippen molar-refractivity contribution in [3.63, 3.8) is 0 Å². The molecule has 1 N–H and O–H groups in total. The van der Waals surface area contributed by atoms with Crippen molar-refractivity contribution in [1.82, 2.24) is 19.7 Å². The lowest BCUT2D eigenvalue weighted by Crippen LogP contribution is -2.11. The molecule has 0 spiro atoms. The van der Waals surface area contributed by atoms with Crippen LogP contribution in [0, 0.1) is 0 Å². The zero-order valence-corrected chi connectivity index (χ0v) is 11.2. The number of aryl methyl sites for hydroxylation is 1. The van der Waals surface area contributed by atoms with Crippen LogP contribution < -0.4 is 5.32 Å². The van der Waals surface area contributed by atoms with Gasteiger partial charge in [-0.15, -0.1) is 0 Å². The minimum atomic E-state index is -4.45. The van der Waals surface area contributed by atoms with Crippen LogP contribution in [0.3, 0.4) is 0 Å². The summed E-state index contributed by atoms with van der Waals surface area (Å²) in [4.78, 5) is 7.80. The van der Waals surface area contributed by atoms with Gasteiger partial charge < -0.3 is 5.32 Å². The van der Waals surface area contributed by atoms with Crippen LogP contribution in [0.25, 0.3) is 0 Å². The van der Waals surface area contributed by atoms with Crippen molar-refractivity contribution in [1.29, 1.82) is 0 Å². The molecule has 20 heavy (non-hydrogen) atoms. The van der Waals surface area contributed by atoms with Crippen molar-refractivity contribution in [2.24, 2.45) is 7.05 Å². The van der Waals surface area contributed by atoms with Gasteiger partial charge in [0.25, 0.3) is 0 Å². The second kappa shape index (κ2) is 5.66. The highest BCUT2D eigenvalue weighted by Crippen LogP contribution is 2.31. The van der Waals surface area contributed by atoms with Gasteiger partial charge in [0.1, 0.15) is 17.3 Å². The first-order valence-corrected chi connectivity index (χ1v) is 6.05. The van der Waals surface area contributed by atoms with Gasteiger partial charge in [0.2, 0.25) is 0 Å². The van der Waals surface area contributed by atoms with Crippen LogP contribution in [0.2, 0.25) is 5.15 Å². The van der Waals surface area contributed by atoms with E-state index in [9.17, 15) is 13.2 Å². The number of hydrogen-bond acceptors (Lipinski definition) is 4. The first kappa shape index (κ1) is 14.6. The number of aromatic nitrogens is 4. The van der Waals surface area contributed by atoms with Crippen LogP contribution >= 0.6 is 11.6 Å². The number of nitrogens with one attached hydrogen (secondary N) is 1. The van der Waals surface area contributed by atoms with Gasteiger partial charge in [0, 0.05) is 20.0 Å². The summed E-state index contributed by atoms with van der Waals surface area (Å²) in [5.74, 6) is 0.666. The van der Waals surface area contributed by atoms with Crippen LogP contribution in [-0.4, -0.2) is 26.3 Å². The van der Waals surface area contributed by atoms with Crippen molar-refractivity contribution in [2.45, 2.75) is 12.6 Å². The summed E-state index contributed by atoms with van der Waals surface area (Å²) >= 11 is 5.58. The number of alkyl halides is 3. The van der Waals surface area contributed by atoms with Gasteiger partial charge in [-0.05, 0) is 12.1 Å². The van der Waals surface area contributed by atoms with Gasteiger partial charge in [-0.2, -0.15) is 18.3 Å². The van der Waals surface area contributed by atoms with E-state index in [-0.39, 0.29) is 11.0 Å². The maximum absolute atomic E-state index is 12.6. The molecular weight excluding hydrogens is 295 g/mol. The zero-order valence-electron chi connectivity index (χ0n) is 10.4. The van der Waals surface area contributed by atoms with E-state index in [1.807, 2.05) is 0 Å². The van der Waals surface area contributed by atoms with E-state index in [1.165, 1.54) is 0 Å². The van der Waals surface area contributed by atoms with Crippen molar-refractivity contribution in [2.75, 3.05) is 11.9 Å². The monoisotopic (exact) mass is 305 g/mol. The smallest absolute Gasteiger partial charge is 0.370 e. The minimum absolute atomic E-state index is 0.0701. The van der Waals surface area contributed by atoms with Gasteiger partial charge in [-0.25, -0.2) is 9.97 Å². The van der Waals surface area contributed by atoms with Gasteiger partial charge >= 0.3 is 6.18 Å². The molecule has 0 unspecified atom stereocenters. The van der Waals surface area contributed by atoms with Crippen LogP contribution in [0.1, 0.15) is 11.4 Å². The summed E-state index contributed by atoms with van der Waals surface area (Å²) in [5, 5.41) is 6.62. The number of anilines is 1. The molecule has 2 rings (SSSR count). The summed E-state index contributed by atoms with van der Waals surface area (Å²) in [6, 6.07) is 1.70. The van der Waals surface area contributed by atoms with Crippen LogP contribution in [-0.2, 0) is 19.6 Å². The molecular formula is C11H11ClF3N5. The highest BCUT2D eigenvalue weighted by molar-refractivity contribution is 6.29. The van der Waals surface area contributed by atoms with Crippen LogP contribution in [0.5, 0.6) is 0 Å². The van der Waals surface area contributed by atoms with Gasteiger partial charge in [0.15, 0.2) is 5.82 Å². The highest BCUT2D eigenvalue weighted by atomic mass is 35.5. The number of pyridine rings is 1. The predicted octanol–water partition coefficient (Wildman–Crippen LogP) is 2.54. The Hall–Kier alpha value is -1.83. The molecule has 0 saturated heterocycles. The molecule has 0 atom stereocenters. The summed E-state index contributed by atoms with van der Waals surface area (Å²) in [7, 11) is 1.73. The van der Waals surface area contributed by atoms with E-state index < -0.39 is 11.7 Å². The number of rotatable bonds is 4. The molecule has 5 nitrogen and oxygen atoms in total. The Morgan fingerprint density at radius 3 is 2.70 bits per heavy atom. The maximum Gasteiger partial charge on any atom is 0.416 e. The standard InChI is InChI=1S/C11H11ClF3N5/c1-20-6-17-9(19-20)2-3-16-10-5-7(11(13,14)15)4-8(12)18-10/h4-6H,2-3H2,1H3,(H,16,18). The molecule has 0 aliphatic rings. The number of halogens is 4. The third-order valence-corrected chi connectivity index (χ3v) is 2.62. The third-order valence-electron chi connectivity index (χ3n) is 2.42. The lowest BCUT2D eigenvalue weighted by atomic mass is 10.2. The first-order chi connectivity index (χ1) is 9.34. The molecule has 0 bridgehead atoms. The molecule has 0 aliphatic heterocycles. The second-order valence-corrected chi connectivity index (χ2v) is 4.46. The highest BCUT2D eigenvalue weighted by Gasteiger charge is 2.31. The zero-order chi connectivity index (χ0) is 14.8. The predicted molar refractivity (Wildman–Crippen MR) is 67.4 cm³/mol. The average Bonchev–Trinajstić information content (AvgIpc) is 2.73. The van der Waals surface area contributed by atoms with E-state index in [0.29, 0.717) is 18.8 Å². The van der Waals surface area contributed by atoms with Crippen molar-refractivity contribution in [3.05, 3.63) is 35.0 Å². The summed E-state index contributed by atoms with van der Waals surface area (Å²) < 4.78 is 39.4. The first-order valence-electron chi connectivity index (χ1n) is 5.68. The van der Waals surface area contributed by atoms with E-state index in [4.69, 9.17) is 11.6 Å². The fraction of sp³-hybridized carbons (Fsp3) is 0.364. The normalized spacial score (nSPS) is 11.7. The molecule has 0 saturated carbocycles. The Labute approximate surface area is 117 Å². The Bertz CT molecular complexity index is 596. The molecule has 0 radical (unpaired) electrons. The van der Waals surface area contributed by atoms with Crippen molar-refractivity contribution in [3.8, 4) is 0 Å². The van der Waals surface area contributed by atoms with Crippen LogP contribution in [0.15, 0.2) is 18.5 Å². The van der Waals surface area contributed by atoms with E-state index in [0.717, 1.165) is 12.1 Å². The Morgan fingerprint density at radius 2 is 2.10 bits per heavy atom. The fourth-order valence-corrected chi connectivity index (χ4v) is 1.76. The lowest BCUT2D eigenvalue weighted by molar-refractivity contribution is -0.137. The summed E-state index contributed by atoms with van der Waals surface area (Å²) in [5.41, 5.74) is -0.837. The van der Waals surface area contributed by atoms with Gasteiger partial charge in [-0.3, -0.25) is 4.68 Å². The molecule has 108 valence electrons. The Kier molecular flexibility index (Phi) is 4.12. The van der Waals surface area contributed by atoms with Crippen molar-refractivity contribution >= 4 is 17.4 Å². The fourth-order valence-electron chi connectivity index (χ4n) is 1.55. The quantitative estimate of drug-likeness (QED) is 0.882. The van der Waals surface area contributed by atoms with Gasteiger partial charge in [-0.1, -0.05) is 11.6 Å². The van der Waals surface area contributed by atoms with E-state index in [1.54, 1.807) is 18.1 Å². The number of nitrogens with zero attached hydrogens (tertiary/aromatic N) is 4. The molecule has 0 aromatic carbocycles. The molecule has 2 aromatic rings. The number of hydrogen-bond donors (Lipinski definition) is 1. The average molecular weight is 306 g/mol. The molecule has 0 fully saturated rings. The summed E-state index contributed by atoms with van der Waals surface area (Å²) in [6.07, 6.45) is -2.43.